The second kappa shape index (κ2) is 7.85. The van der Waals surface area contributed by atoms with Crippen molar-refractivity contribution in [2.75, 3.05) is 51.3 Å². The summed E-state index contributed by atoms with van der Waals surface area (Å²) in [4.78, 5) is 17.0. The molecule has 0 aromatic heterocycles. The van der Waals surface area contributed by atoms with E-state index in [2.05, 4.69) is 28.1 Å². The number of methoxy groups -OCH3 is 1. The van der Waals surface area contributed by atoms with Gasteiger partial charge in [0.1, 0.15) is 11.9 Å². The molecule has 0 spiro atoms. The van der Waals surface area contributed by atoms with Gasteiger partial charge in [-0.15, -0.1) is 0 Å². The van der Waals surface area contributed by atoms with Crippen LogP contribution in [0, 0.1) is 0 Å². The minimum atomic E-state index is -0.348. The Labute approximate surface area is 143 Å². The predicted molar refractivity (Wildman–Crippen MR) is 93.6 cm³/mol. The molecule has 6 heteroatoms. The topological polar surface area (TPSA) is 54.0 Å². The van der Waals surface area contributed by atoms with E-state index in [-0.39, 0.29) is 18.1 Å². The lowest BCUT2D eigenvalue weighted by atomic mass is 10.2. The zero-order chi connectivity index (χ0) is 16.9. The maximum Gasteiger partial charge on any atom is 0.250 e. The van der Waals surface area contributed by atoms with E-state index in [1.165, 1.54) is 0 Å². The van der Waals surface area contributed by atoms with Gasteiger partial charge in [0.25, 0.3) is 5.91 Å². The highest BCUT2D eigenvalue weighted by molar-refractivity contribution is 5.81. The maximum atomic E-state index is 12.5. The van der Waals surface area contributed by atoms with Gasteiger partial charge in [0.15, 0.2) is 0 Å². The van der Waals surface area contributed by atoms with Crippen LogP contribution < -0.4 is 15.0 Å². The standard InChI is InChI=1S/C18H27N3O3/c1-3-20-10-11-24-17(13-20)18(22)19-14-8-9-21(12-14)15-6-4-5-7-16(15)23-2/h4-7,14,17H,3,8-13H2,1-2H3,(H,19,22). The molecule has 2 fully saturated rings. The van der Waals surface area contributed by atoms with Crippen LogP contribution in [0.25, 0.3) is 0 Å². The lowest BCUT2D eigenvalue weighted by molar-refractivity contribution is -0.139. The minimum absolute atomic E-state index is 0.0139. The molecule has 2 aliphatic heterocycles. The van der Waals surface area contributed by atoms with Crippen LogP contribution >= 0.6 is 0 Å². The molecule has 1 aromatic carbocycles. The SMILES string of the molecule is CCN1CCOC(C(=O)NC2CCN(c3ccccc3OC)C2)C1. The predicted octanol–water partition coefficient (Wildman–Crippen LogP) is 1.11. The molecule has 24 heavy (non-hydrogen) atoms. The number of likely N-dealkylation sites (N-methyl/N-ethyl adjacent to an activating group) is 1. The molecule has 2 heterocycles. The van der Waals surface area contributed by atoms with Crippen molar-refractivity contribution in [2.24, 2.45) is 0 Å². The summed E-state index contributed by atoms with van der Waals surface area (Å²) < 4.78 is 11.1. The summed E-state index contributed by atoms with van der Waals surface area (Å²) in [6.45, 7) is 7.01. The van der Waals surface area contributed by atoms with Gasteiger partial charge in [0.05, 0.1) is 19.4 Å². The molecule has 1 amide bonds. The highest BCUT2D eigenvalue weighted by Crippen LogP contribution is 2.30. The van der Waals surface area contributed by atoms with Crippen LogP contribution in [-0.4, -0.2) is 69.4 Å². The first-order valence-electron chi connectivity index (χ1n) is 8.73. The number of carbonyl (C=O) groups excluding carboxylic acids is 1. The van der Waals surface area contributed by atoms with Gasteiger partial charge in [-0.25, -0.2) is 0 Å². The Morgan fingerprint density at radius 2 is 2.17 bits per heavy atom. The molecule has 6 nitrogen and oxygen atoms in total. The molecule has 0 aliphatic carbocycles. The van der Waals surface area contributed by atoms with Gasteiger partial charge in [0.2, 0.25) is 0 Å². The third-order valence-electron chi connectivity index (χ3n) is 4.85. The molecule has 132 valence electrons. The molecule has 2 saturated heterocycles. The van der Waals surface area contributed by atoms with Crippen LogP contribution in [0.3, 0.4) is 0 Å². The largest absolute Gasteiger partial charge is 0.495 e. The number of ether oxygens (including phenoxy) is 2. The molecule has 1 N–H and O–H groups in total. The van der Waals surface area contributed by atoms with Gasteiger partial charge in [-0.3, -0.25) is 9.69 Å². The molecule has 3 rings (SSSR count). The van der Waals surface area contributed by atoms with Crippen molar-refractivity contribution < 1.29 is 14.3 Å². The first-order valence-corrected chi connectivity index (χ1v) is 8.73. The zero-order valence-electron chi connectivity index (χ0n) is 14.5. The summed E-state index contributed by atoms with van der Waals surface area (Å²) in [5.41, 5.74) is 1.09. The summed E-state index contributed by atoms with van der Waals surface area (Å²) in [7, 11) is 1.69. The van der Waals surface area contributed by atoms with E-state index in [1.54, 1.807) is 7.11 Å². The Morgan fingerprint density at radius 1 is 1.33 bits per heavy atom. The number of para-hydroxylation sites is 2. The quantitative estimate of drug-likeness (QED) is 0.875. The van der Waals surface area contributed by atoms with Gasteiger partial charge in [-0.05, 0) is 25.1 Å². The summed E-state index contributed by atoms with van der Waals surface area (Å²) in [6.07, 6.45) is 0.590. The average molecular weight is 333 g/mol. The molecule has 2 unspecified atom stereocenters. The number of amides is 1. The Kier molecular flexibility index (Phi) is 5.58. The van der Waals surface area contributed by atoms with Crippen molar-refractivity contribution >= 4 is 11.6 Å². The first kappa shape index (κ1) is 17.0. The third kappa shape index (κ3) is 3.82. The van der Waals surface area contributed by atoms with Crippen molar-refractivity contribution in [3.63, 3.8) is 0 Å². The first-order chi connectivity index (χ1) is 11.7. The van der Waals surface area contributed by atoms with Crippen molar-refractivity contribution in [3.8, 4) is 5.75 Å². The van der Waals surface area contributed by atoms with Gasteiger partial charge < -0.3 is 19.7 Å². The molecule has 2 aliphatic rings. The van der Waals surface area contributed by atoms with Crippen LogP contribution in [0.15, 0.2) is 24.3 Å². The number of morpholine rings is 1. The van der Waals surface area contributed by atoms with E-state index in [0.29, 0.717) is 13.2 Å². The Morgan fingerprint density at radius 3 is 2.96 bits per heavy atom. The zero-order valence-corrected chi connectivity index (χ0v) is 14.5. The number of anilines is 1. The number of hydrogen-bond donors (Lipinski definition) is 1. The highest BCUT2D eigenvalue weighted by atomic mass is 16.5. The van der Waals surface area contributed by atoms with Crippen LogP contribution in [0.4, 0.5) is 5.69 Å². The van der Waals surface area contributed by atoms with E-state index < -0.39 is 0 Å². The Balaban J connectivity index is 1.55. The van der Waals surface area contributed by atoms with Crippen molar-refractivity contribution in [3.05, 3.63) is 24.3 Å². The van der Waals surface area contributed by atoms with Gasteiger partial charge >= 0.3 is 0 Å². The number of carbonyl (C=O) groups is 1. The summed E-state index contributed by atoms with van der Waals surface area (Å²) in [6, 6.07) is 8.17. The fourth-order valence-corrected chi connectivity index (χ4v) is 3.43. The van der Waals surface area contributed by atoms with Crippen LogP contribution in [0.2, 0.25) is 0 Å². The fraction of sp³-hybridized carbons (Fsp3) is 0.611. The maximum absolute atomic E-state index is 12.5. The molecule has 2 atom stereocenters. The second-order valence-corrected chi connectivity index (χ2v) is 6.36. The number of nitrogens with zero attached hydrogens (tertiary/aromatic N) is 2. The molecule has 0 radical (unpaired) electrons. The van der Waals surface area contributed by atoms with Crippen LogP contribution in [-0.2, 0) is 9.53 Å². The van der Waals surface area contributed by atoms with Gasteiger partial charge in [0, 0.05) is 32.2 Å². The lowest BCUT2D eigenvalue weighted by Crippen LogP contribution is -2.52. The van der Waals surface area contributed by atoms with Crippen LogP contribution in [0.5, 0.6) is 5.75 Å². The second-order valence-electron chi connectivity index (χ2n) is 6.36. The molecule has 0 saturated carbocycles. The smallest absolute Gasteiger partial charge is 0.250 e. The molecular formula is C18H27N3O3. The average Bonchev–Trinajstić information content (AvgIpc) is 3.10. The van der Waals surface area contributed by atoms with Crippen molar-refractivity contribution in [1.29, 1.82) is 0 Å². The number of rotatable bonds is 5. The Bertz CT molecular complexity index is 566. The van der Waals surface area contributed by atoms with E-state index in [1.807, 2.05) is 18.2 Å². The van der Waals surface area contributed by atoms with Gasteiger partial charge in [-0.1, -0.05) is 19.1 Å². The molecular weight excluding hydrogens is 306 g/mol. The monoisotopic (exact) mass is 333 g/mol. The Hall–Kier alpha value is -1.79. The number of nitrogens with one attached hydrogen (secondary N) is 1. The van der Waals surface area contributed by atoms with E-state index >= 15 is 0 Å². The summed E-state index contributed by atoms with van der Waals surface area (Å²) in [5.74, 6) is 0.888. The summed E-state index contributed by atoms with van der Waals surface area (Å²) in [5, 5.41) is 3.16. The normalized spacial score (nSPS) is 24.8. The number of hydrogen-bond acceptors (Lipinski definition) is 5. The third-order valence-corrected chi connectivity index (χ3v) is 4.85. The fourth-order valence-electron chi connectivity index (χ4n) is 3.43. The molecule has 0 bridgehead atoms. The van der Waals surface area contributed by atoms with Crippen molar-refractivity contribution in [2.45, 2.75) is 25.5 Å². The van der Waals surface area contributed by atoms with E-state index in [9.17, 15) is 4.79 Å². The van der Waals surface area contributed by atoms with E-state index in [4.69, 9.17) is 9.47 Å². The lowest BCUT2D eigenvalue weighted by Gasteiger charge is -2.31. The molecule has 1 aromatic rings. The van der Waals surface area contributed by atoms with E-state index in [0.717, 1.165) is 44.0 Å². The van der Waals surface area contributed by atoms with Gasteiger partial charge in [-0.2, -0.15) is 0 Å². The number of benzene rings is 1. The van der Waals surface area contributed by atoms with Crippen LogP contribution in [0.1, 0.15) is 13.3 Å². The summed E-state index contributed by atoms with van der Waals surface area (Å²) >= 11 is 0. The van der Waals surface area contributed by atoms with Crippen molar-refractivity contribution in [1.82, 2.24) is 10.2 Å². The minimum Gasteiger partial charge on any atom is -0.495 e. The highest BCUT2D eigenvalue weighted by Gasteiger charge is 2.30.